The van der Waals surface area contributed by atoms with E-state index in [4.69, 9.17) is 0 Å². The Morgan fingerprint density at radius 2 is 1.80 bits per heavy atom. The van der Waals surface area contributed by atoms with Crippen LogP contribution in [0.2, 0.25) is 0 Å². The van der Waals surface area contributed by atoms with Gasteiger partial charge in [-0.15, -0.1) is 0 Å². The summed E-state index contributed by atoms with van der Waals surface area (Å²) in [5.74, 6) is 1.70. The molecule has 0 aromatic carbocycles. The summed E-state index contributed by atoms with van der Waals surface area (Å²) >= 11 is 0. The van der Waals surface area contributed by atoms with Gasteiger partial charge in [-0.2, -0.15) is 0 Å². The molecule has 0 saturated heterocycles. The zero-order valence-corrected chi connectivity index (χ0v) is 13.3. The van der Waals surface area contributed by atoms with Gasteiger partial charge in [-0.05, 0) is 73.5 Å². The summed E-state index contributed by atoms with van der Waals surface area (Å²) in [6.07, 6.45) is 9.75. The maximum atomic E-state index is 11.3. The number of carboxylic acids is 1. The highest BCUT2D eigenvalue weighted by Crippen LogP contribution is 2.63. The van der Waals surface area contributed by atoms with Crippen molar-refractivity contribution in [2.45, 2.75) is 72.1 Å². The second kappa shape index (κ2) is 4.74. The second-order valence-electron chi connectivity index (χ2n) is 8.69. The van der Waals surface area contributed by atoms with Gasteiger partial charge in [-0.1, -0.05) is 27.2 Å². The maximum absolute atomic E-state index is 11.3. The van der Waals surface area contributed by atoms with E-state index in [-0.39, 0.29) is 5.92 Å². The number of rotatable bonds is 1. The van der Waals surface area contributed by atoms with Gasteiger partial charge in [-0.3, -0.25) is 4.79 Å². The van der Waals surface area contributed by atoms with Crippen LogP contribution >= 0.6 is 0 Å². The molecule has 3 aliphatic carbocycles. The predicted octanol–water partition coefficient (Wildman–Crippen LogP) is 4.73. The molecule has 5 atom stereocenters. The minimum atomic E-state index is -0.556. The van der Waals surface area contributed by atoms with E-state index in [9.17, 15) is 9.90 Å². The molecule has 0 heterocycles. The fraction of sp³-hybridized carbons (Fsp3) is 0.944. The van der Waals surface area contributed by atoms with E-state index >= 15 is 0 Å². The molecule has 114 valence electrons. The first kappa shape index (κ1) is 14.4. The normalized spacial score (nSPS) is 47.1. The van der Waals surface area contributed by atoms with Gasteiger partial charge in [0, 0.05) is 0 Å². The van der Waals surface area contributed by atoms with Crippen LogP contribution in [0.1, 0.15) is 72.1 Å². The Labute approximate surface area is 123 Å². The molecule has 0 bridgehead atoms. The zero-order valence-electron chi connectivity index (χ0n) is 13.3. The Morgan fingerprint density at radius 1 is 1.05 bits per heavy atom. The molecule has 3 aliphatic rings. The van der Waals surface area contributed by atoms with E-state index in [1.165, 1.54) is 32.1 Å². The molecular formula is C18H30O2. The van der Waals surface area contributed by atoms with Crippen molar-refractivity contribution in [3.63, 3.8) is 0 Å². The van der Waals surface area contributed by atoms with Crippen molar-refractivity contribution in [2.24, 2.45) is 34.5 Å². The third-order valence-electron chi connectivity index (χ3n) is 7.28. The van der Waals surface area contributed by atoms with Crippen LogP contribution in [0.3, 0.4) is 0 Å². The highest BCUT2D eigenvalue weighted by molar-refractivity contribution is 5.70. The van der Waals surface area contributed by atoms with E-state index in [2.05, 4.69) is 20.8 Å². The molecule has 2 heteroatoms. The fourth-order valence-corrected chi connectivity index (χ4v) is 6.39. The van der Waals surface area contributed by atoms with Crippen molar-refractivity contribution in [3.8, 4) is 0 Å². The Balaban J connectivity index is 1.83. The molecular weight excluding hydrogens is 248 g/mol. The Bertz CT molecular complexity index is 400. The van der Waals surface area contributed by atoms with Gasteiger partial charge < -0.3 is 5.11 Å². The highest BCUT2D eigenvalue weighted by atomic mass is 16.4. The number of aliphatic carboxylic acids is 1. The van der Waals surface area contributed by atoms with E-state index in [1.807, 2.05) is 0 Å². The summed E-state index contributed by atoms with van der Waals surface area (Å²) in [6, 6.07) is 0. The van der Waals surface area contributed by atoms with Gasteiger partial charge in [0.25, 0.3) is 0 Å². The molecule has 3 rings (SSSR count). The third-order valence-corrected chi connectivity index (χ3v) is 7.28. The minimum absolute atomic E-state index is 0.0620. The Kier molecular flexibility index (Phi) is 3.42. The van der Waals surface area contributed by atoms with Crippen molar-refractivity contribution < 1.29 is 9.90 Å². The van der Waals surface area contributed by atoms with Crippen LogP contribution in [0.5, 0.6) is 0 Å². The largest absolute Gasteiger partial charge is 0.481 e. The molecule has 2 nitrogen and oxygen atoms in total. The van der Waals surface area contributed by atoms with Crippen LogP contribution < -0.4 is 0 Å². The molecule has 0 aliphatic heterocycles. The van der Waals surface area contributed by atoms with Gasteiger partial charge in [0.2, 0.25) is 0 Å². The van der Waals surface area contributed by atoms with Gasteiger partial charge in [0.05, 0.1) is 5.92 Å². The molecule has 0 amide bonds. The molecule has 20 heavy (non-hydrogen) atoms. The van der Waals surface area contributed by atoms with Crippen molar-refractivity contribution in [1.82, 2.24) is 0 Å². The lowest BCUT2D eigenvalue weighted by Gasteiger charge is -2.61. The van der Waals surface area contributed by atoms with Gasteiger partial charge in [0.1, 0.15) is 0 Å². The average Bonchev–Trinajstić information content (AvgIpc) is 2.37. The lowest BCUT2D eigenvalue weighted by Crippen LogP contribution is -2.53. The Hall–Kier alpha value is -0.530. The average molecular weight is 278 g/mol. The number of carboxylic acid groups (broad SMARTS) is 1. The topological polar surface area (TPSA) is 37.3 Å². The summed E-state index contributed by atoms with van der Waals surface area (Å²) in [5.41, 5.74) is 0.968. The standard InChI is InChI=1S/C18H30O2/c1-17(2)9-4-10-18(3)14-7-5-13(16(19)20)11-12(14)6-8-15(17)18/h12-15H,4-11H2,1-3H3,(H,19,20)/t12-,13?,14-,15?,18+/m0/s1. The van der Waals surface area contributed by atoms with Gasteiger partial charge >= 0.3 is 5.97 Å². The smallest absolute Gasteiger partial charge is 0.306 e. The fourth-order valence-electron chi connectivity index (χ4n) is 6.39. The summed E-state index contributed by atoms with van der Waals surface area (Å²) < 4.78 is 0. The Morgan fingerprint density at radius 3 is 2.50 bits per heavy atom. The van der Waals surface area contributed by atoms with Crippen LogP contribution in [0.15, 0.2) is 0 Å². The zero-order chi connectivity index (χ0) is 14.5. The first-order chi connectivity index (χ1) is 9.34. The molecule has 3 saturated carbocycles. The quantitative estimate of drug-likeness (QED) is 0.753. The predicted molar refractivity (Wildman–Crippen MR) is 80.4 cm³/mol. The van der Waals surface area contributed by atoms with E-state index in [0.717, 1.165) is 31.1 Å². The molecule has 0 aromatic rings. The SMILES string of the molecule is CC1(C)CCC[C@@]2(C)C1CC[C@H]1CC(C(=O)O)CC[C@@H]12. The van der Waals surface area contributed by atoms with Crippen LogP contribution in [0.4, 0.5) is 0 Å². The molecule has 0 radical (unpaired) electrons. The number of hydrogen-bond donors (Lipinski definition) is 1. The van der Waals surface area contributed by atoms with Gasteiger partial charge in [0.15, 0.2) is 0 Å². The monoisotopic (exact) mass is 278 g/mol. The molecule has 3 fully saturated rings. The van der Waals surface area contributed by atoms with E-state index in [0.29, 0.717) is 16.7 Å². The van der Waals surface area contributed by atoms with Crippen molar-refractivity contribution in [3.05, 3.63) is 0 Å². The van der Waals surface area contributed by atoms with Crippen molar-refractivity contribution in [2.75, 3.05) is 0 Å². The van der Waals surface area contributed by atoms with Gasteiger partial charge in [-0.25, -0.2) is 0 Å². The van der Waals surface area contributed by atoms with E-state index < -0.39 is 5.97 Å². The minimum Gasteiger partial charge on any atom is -0.481 e. The summed E-state index contributed by atoms with van der Waals surface area (Å²) in [6.45, 7) is 7.48. The first-order valence-electron chi connectivity index (χ1n) is 8.57. The van der Waals surface area contributed by atoms with Crippen molar-refractivity contribution in [1.29, 1.82) is 0 Å². The lowest BCUT2D eigenvalue weighted by atomic mass is 9.44. The van der Waals surface area contributed by atoms with Crippen LogP contribution in [0.25, 0.3) is 0 Å². The molecule has 2 unspecified atom stereocenters. The maximum Gasteiger partial charge on any atom is 0.306 e. The van der Waals surface area contributed by atoms with E-state index in [1.54, 1.807) is 0 Å². The summed E-state index contributed by atoms with van der Waals surface area (Å²) in [7, 11) is 0. The lowest BCUT2D eigenvalue weighted by molar-refractivity contribution is -0.150. The summed E-state index contributed by atoms with van der Waals surface area (Å²) in [5, 5.41) is 9.31. The molecule has 0 spiro atoms. The number of carbonyl (C=O) groups is 1. The molecule has 0 aromatic heterocycles. The number of hydrogen-bond acceptors (Lipinski definition) is 1. The molecule has 1 N–H and O–H groups in total. The third kappa shape index (κ3) is 2.10. The first-order valence-corrected chi connectivity index (χ1v) is 8.57. The van der Waals surface area contributed by atoms with Crippen LogP contribution in [-0.2, 0) is 4.79 Å². The van der Waals surface area contributed by atoms with Crippen molar-refractivity contribution >= 4 is 5.97 Å². The van der Waals surface area contributed by atoms with Crippen LogP contribution in [-0.4, -0.2) is 11.1 Å². The van der Waals surface area contributed by atoms with Crippen LogP contribution in [0, 0.1) is 34.5 Å². The summed E-state index contributed by atoms with van der Waals surface area (Å²) in [4.78, 5) is 11.3. The second-order valence-corrected chi connectivity index (χ2v) is 8.69. The highest BCUT2D eigenvalue weighted by Gasteiger charge is 2.55. The number of fused-ring (bicyclic) bond motifs is 3.